The third kappa shape index (κ3) is 5.23. The van der Waals surface area contributed by atoms with Gasteiger partial charge in [0, 0.05) is 18.7 Å². The fourth-order valence-electron chi connectivity index (χ4n) is 1.81. The maximum absolute atomic E-state index is 12.8. The molecule has 0 aliphatic carbocycles. The molecule has 0 atom stereocenters. The first-order chi connectivity index (χ1) is 10.9. The van der Waals surface area contributed by atoms with Gasteiger partial charge in [0.15, 0.2) is 0 Å². The Morgan fingerprint density at radius 2 is 1.78 bits per heavy atom. The van der Waals surface area contributed by atoms with E-state index in [1.54, 1.807) is 30.3 Å². The van der Waals surface area contributed by atoms with E-state index < -0.39 is 0 Å². The summed E-state index contributed by atoms with van der Waals surface area (Å²) >= 11 is 6.03. The molecule has 2 amide bonds. The first-order valence-corrected chi connectivity index (χ1v) is 7.13. The number of carbonyl (C=O) groups is 2. The Bertz CT molecular complexity index is 758. The van der Waals surface area contributed by atoms with E-state index in [2.05, 4.69) is 10.6 Å². The minimum Gasteiger partial charge on any atom is -0.325 e. The molecular weight excluding hydrogens is 319 g/mol. The van der Waals surface area contributed by atoms with Crippen molar-refractivity contribution in [2.45, 2.75) is 6.92 Å². The van der Waals surface area contributed by atoms with E-state index in [9.17, 15) is 14.0 Å². The van der Waals surface area contributed by atoms with Gasteiger partial charge in [-0.2, -0.15) is 0 Å². The van der Waals surface area contributed by atoms with E-state index in [1.165, 1.54) is 31.2 Å². The van der Waals surface area contributed by atoms with Gasteiger partial charge in [0.05, 0.1) is 10.7 Å². The van der Waals surface area contributed by atoms with Crippen LogP contribution in [0.5, 0.6) is 0 Å². The number of anilines is 2. The van der Waals surface area contributed by atoms with Gasteiger partial charge in [-0.1, -0.05) is 23.7 Å². The lowest BCUT2D eigenvalue weighted by Crippen LogP contribution is -2.09. The summed E-state index contributed by atoms with van der Waals surface area (Å²) in [6.07, 6.45) is 2.91. The molecule has 0 aromatic heterocycles. The summed E-state index contributed by atoms with van der Waals surface area (Å²) in [4.78, 5) is 22.8. The van der Waals surface area contributed by atoms with Gasteiger partial charge in [-0.25, -0.2) is 4.39 Å². The smallest absolute Gasteiger partial charge is 0.248 e. The second-order valence-electron chi connectivity index (χ2n) is 4.75. The van der Waals surface area contributed by atoms with E-state index in [0.29, 0.717) is 22.0 Å². The molecule has 4 nitrogen and oxygen atoms in total. The average molecular weight is 333 g/mol. The molecule has 0 aliphatic rings. The van der Waals surface area contributed by atoms with Crippen LogP contribution in [0, 0.1) is 5.82 Å². The molecule has 0 saturated carbocycles. The van der Waals surface area contributed by atoms with Crippen LogP contribution < -0.4 is 10.6 Å². The van der Waals surface area contributed by atoms with Gasteiger partial charge in [0.2, 0.25) is 11.8 Å². The first-order valence-electron chi connectivity index (χ1n) is 6.76. The third-order valence-electron chi connectivity index (χ3n) is 2.84. The summed E-state index contributed by atoms with van der Waals surface area (Å²) in [6.45, 7) is 1.38. The molecule has 0 bridgehead atoms. The maximum atomic E-state index is 12.8. The molecule has 0 saturated heterocycles. The van der Waals surface area contributed by atoms with E-state index in [4.69, 9.17) is 11.6 Å². The lowest BCUT2D eigenvalue weighted by Gasteiger charge is -2.07. The fraction of sp³-hybridized carbons (Fsp3) is 0.0588. The van der Waals surface area contributed by atoms with Gasteiger partial charge in [0.25, 0.3) is 0 Å². The van der Waals surface area contributed by atoms with Crippen molar-refractivity contribution in [3.05, 3.63) is 64.9 Å². The van der Waals surface area contributed by atoms with Crippen molar-refractivity contribution < 1.29 is 14.0 Å². The molecule has 23 heavy (non-hydrogen) atoms. The first kappa shape index (κ1) is 16.7. The van der Waals surface area contributed by atoms with Gasteiger partial charge < -0.3 is 10.6 Å². The molecule has 2 aromatic rings. The summed E-state index contributed by atoms with van der Waals surface area (Å²) < 4.78 is 12.8. The molecule has 0 aliphatic heterocycles. The number of nitrogens with one attached hydrogen (secondary N) is 2. The van der Waals surface area contributed by atoms with Crippen LogP contribution in [0.4, 0.5) is 15.8 Å². The van der Waals surface area contributed by atoms with Gasteiger partial charge in [0.1, 0.15) is 5.82 Å². The number of carbonyl (C=O) groups excluding carboxylic acids is 2. The molecule has 118 valence electrons. The summed E-state index contributed by atoms with van der Waals surface area (Å²) in [5.74, 6) is -0.913. The predicted molar refractivity (Wildman–Crippen MR) is 89.8 cm³/mol. The zero-order chi connectivity index (χ0) is 16.8. The van der Waals surface area contributed by atoms with Crippen molar-refractivity contribution in [3.8, 4) is 0 Å². The van der Waals surface area contributed by atoms with Crippen LogP contribution in [0.2, 0.25) is 5.02 Å². The fourth-order valence-corrected chi connectivity index (χ4v) is 2.04. The Labute approximate surface area is 138 Å². The van der Waals surface area contributed by atoms with Crippen LogP contribution in [0.3, 0.4) is 0 Å². The Hall–Kier alpha value is -2.66. The maximum Gasteiger partial charge on any atom is 0.248 e. The molecule has 0 heterocycles. The van der Waals surface area contributed by atoms with Crippen LogP contribution in [0.15, 0.2) is 48.5 Å². The van der Waals surface area contributed by atoms with E-state index >= 15 is 0 Å². The highest BCUT2D eigenvalue weighted by Crippen LogP contribution is 2.25. The third-order valence-corrected chi connectivity index (χ3v) is 3.16. The summed E-state index contributed by atoms with van der Waals surface area (Å²) in [6, 6.07) is 10.5. The highest BCUT2D eigenvalue weighted by Gasteiger charge is 2.05. The number of hydrogen-bond donors (Lipinski definition) is 2. The second kappa shape index (κ2) is 7.56. The monoisotopic (exact) mass is 332 g/mol. The number of benzene rings is 2. The standard InChI is InChI=1S/C17H14ClFN2O2/c1-11(22)20-16-8-7-14(10-15(16)18)21-17(23)9-4-12-2-5-13(19)6-3-12/h2-10H,1H3,(H,20,22)(H,21,23). The van der Waals surface area contributed by atoms with Crippen LogP contribution in [-0.4, -0.2) is 11.8 Å². The number of hydrogen-bond acceptors (Lipinski definition) is 2. The van der Waals surface area contributed by atoms with Crippen molar-refractivity contribution in [3.63, 3.8) is 0 Å². The van der Waals surface area contributed by atoms with Crippen molar-refractivity contribution in [2.75, 3.05) is 10.6 Å². The predicted octanol–water partition coefficient (Wildman–Crippen LogP) is 4.09. The molecule has 0 unspecified atom stereocenters. The Balaban J connectivity index is 2.01. The van der Waals surface area contributed by atoms with E-state index in [0.717, 1.165) is 0 Å². The lowest BCUT2D eigenvalue weighted by molar-refractivity contribution is -0.114. The SMILES string of the molecule is CC(=O)Nc1ccc(NC(=O)C=Cc2ccc(F)cc2)cc1Cl. The molecule has 2 N–H and O–H groups in total. The molecule has 2 aromatic carbocycles. The second-order valence-corrected chi connectivity index (χ2v) is 5.16. The van der Waals surface area contributed by atoms with Gasteiger partial charge in [-0.05, 0) is 42.0 Å². The van der Waals surface area contributed by atoms with Gasteiger partial charge >= 0.3 is 0 Å². The Morgan fingerprint density at radius 1 is 1.09 bits per heavy atom. The quantitative estimate of drug-likeness (QED) is 0.828. The Morgan fingerprint density at radius 3 is 2.39 bits per heavy atom. The van der Waals surface area contributed by atoms with Crippen molar-refractivity contribution >= 4 is 40.9 Å². The average Bonchev–Trinajstić information content (AvgIpc) is 2.49. The Kier molecular flexibility index (Phi) is 5.49. The highest BCUT2D eigenvalue weighted by atomic mass is 35.5. The minimum atomic E-state index is -0.349. The largest absolute Gasteiger partial charge is 0.325 e. The molecule has 0 spiro atoms. The van der Waals surface area contributed by atoms with Crippen molar-refractivity contribution in [2.24, 2.45) is 0 Å². The zero-order valence-corrected chi connectivity index (χ0v) is 13.0. The zero-order valence-electron chi connectivity index (χ0n) is 12.3. The van der Waals surface area contributed by atoms with Crippen molar-refractivity contribution in [1.82, 2.24) is 0 Å². The topological polar surface area (TPSA) is 58.2 Å². The van der Waals surface area contributed by atoms with Gasteiger partial charge in [-0.3, -0.25) is 9.59 Å². The minimum absolute atomic E-state index is 0.231. The van der Waals surface area contributed by atoms with E-state index in [1.807, 2.05) is 0 Å². The molecular formula is C17H14ClFN2O2. The normalized spacial score (nSPS) is 10.6. The number of amides is 2. The number of halogens is 2. The van der Waals surface area contributed by atoms with Crippen molar-refractivity contribution in [1.29, 1.82) is 0 Å². The van der Waals surface area contributed by atoms with Crippen LogP contribution in [0.25, 0.3) is 6.08 Å². The molecule has 0 fully saturated rings. The summed E-state index contributed by atoms with van der Waals surface area (Å²) in [5.41, 5.74) is 1.68. The molecule has 2 rings (SSSR count). The summed E-state index contributed by atoms with van der Waals surface area (Å²) in [7, 11) is 0. The molecule has 0 radical (unpaired) electrons. The highest BCUT2D eigenvalue weighted by molar-refractivity contribution is 6.34. The van der Waals surface area contributed by atoms with Crippen LogP contribution in [0.1, 0.15) is 12.5 Å². The van der Waals surface area contributed by atoms with Gasteiger partial charge in [-0.15, -0.1) is 0 Å². The number of rotatable bonds is 4. The molecule has 6 heteroatoms. The lowest BCUT2D eigenvalue weighted by atomic mass is 10.2. The summed E-state index contributed by atoms with van der Waals surface area (Å²) in [5, 5.41) is 5.54. The van der Waals surface area contributed by atoms with E-state index in [-0.39, 0.29) is 17.6 Å². The van der Waals surface area contributed by atoms with Crippen LogP contribution >= 0.6 is 11.6 Å². The van der Waals surface area contributed by atoms with Crippen LogP contribution in [-0.2, 0) is 9.59 Å².